The Kier molecular flexibility index (Phi) is 5.85. The molecule has 0 bridgehead atoms. The second-order valence-electron chi connectivity index (χ2n) is 5.94. The van der Waals surface area contributed by atoms with Crippen LogP contribution in [0.1, 0.15) is 18.7 Å². The van der Waals surface area contributed by atoms with Crippen molar-refractivity contribution in [3.05, 3.63) is 66.9 Å². The molecule has 2 heterocycles. The molecule has 1 atom stereocenters. The number of rotatable bonds is 6. The first-order valence-electron chi connectivity index (χ1n) is 8.52. The molecule has 0 saturated carbocycles. The molecular formula is C19H19N5O4. The molecule has 0 aliphatic carbocycles. The number of benzene rings is 1. The van der Waals surface area contributed by atoms with Gasteiger partial charge in [-0.05, 0) is 36.4 Å². The van der Waals surface area contributed by atoms with E-state index in [9.17, 15) is 14.4 Å². The summed E-state index contributed by atoms with van der Waals surface area (Å²) in [5.74, 6) is -1.25. The molecule has 9 nitrogen and oxygen atoms in total. The highest BCUT2D eigenvalue weighted by atomic mass is 16.3. The first-order valence-corrected chi connectivity index (χ1v) is 8.52. The zero-order valence-electron chi connectivity index (χ0n) is 15.1. The molecule has 144 valence electrons. The molecule has 0 aliphatic rings. The number of aromatic nitrogens is 2. The smallest absolute Gasteiger partial charge is 0.313 e. The normalized spacial score (nSPS) is 11.5. The number of carbonyl (C=O) groups excluding carboxylic acids is 3. The Bertz CT molecular complexity index is 916. The van der Waals surface area contributed by atoms with Gasteiger partial charge in [0.15, 0.2) is 0 Å². The summed E-state index contributed by atoms with van der Waals surface area (Å²) < 4.78 is 7.04. The maximum atomic E-state index is 12.2. The van der Waals surface area contributed by atoms with Crippen LogP contribution in [0.25, 0.3) is 0 Å². The van der Waals surface area contributed by atoms with Crippen molar-refractivity contribution in [2.24, 2.45) is 0 Å². The van der Waals surface area contributed by atoms with Gasteiger partial charge in [-0.3, -0.25) is 19.1 Å². The van der Waals surface area contributed by atoms with E-state index >= 15 is 0 Å². The number of anilines is 2. The van der Waals surface area contributed by atoms with Gasteiger partial charge in [0.25, 0.3) is 0 Å². The summed E-state index contributed by atoms with van der Waals surface area (Å²) in [5, 5.41) is 11.9. The largest absolute Gasteiger partial charge is 0.467 e. The third-order valence-corrected chi connectivity index (χ3v) is 3.82. The van der Waals surface area contributed by atoms with E-state index in [1.807, 2.05) is 0 Å². The Morgan fingerprint density at radius 1 is 1.07 bits per heavy atom. The van der Waals surface area contributed by atoms with Gasteiger partial charge in [-0.15, -0.1) is 0 Å². The van der Waals surface area contributed by atoms with E-state index < -0.39 is 11.8 Å². The fourth-order valence-corrected chi connectivity index (χ4v) is 2.61. The lowest BCUT2D eigenvalue weighted by Crippen LogP contribution is -2.38. The average Bonchev–Trinajstić information content (AvgIpc) is 3.36. The van der Waals surface area contributed by atoms with Crippen molar-refractivity contribution in [2.45, 2.75) is 13.0 Å². The van der Waals surface area contributed by atoms with Crippen LogP contribution in [-0.4, -0.2) is 34.0 Å². The van der Waals surface area contributed by atoms with E-state index in [1.165, 1.54) is 13.2 Å². The van der Waals surface area contributed by atoms with Crippen LogP contribution in [0.2, 0.25) is 0 Å². The van der Waals surface area contributed by atoms with Crippen molar-refractivity contribution in [3.63, 3.8) is 0 Å². The number of hydrogen-bond donors (Lipinski definition) is 3. The summed E-state index contributed by atoms with van der Waals surface area (Å²) in [4.78, 5) is 35.5. The number of furan rings is 1. The van der Waals surface area contributed by atoms with Gasteiger partial charge in [-0.1, -0.05) is 6.07 Å². The van der Waals surface area contributed by atoms with E-state index in [0.717, 1.165) is 0 Å². The second-order valence-corrected chi connectivity index (χ2v) is 5.94. The van der Waals surface area contributed by atoms with Crippen molar-refractivity contribution >= 4 is 29.1 Å². The van der Waals surface area contributed by atoms with Gasteiger partial charge in [0.05, 0.1) is 6.26 Å². The summed E-state index contributed by atoms with van der Waals surface area (Å²) in [7, 11) is 0. The molecule has 0 spiro atoms. The van der Waals surface area contributed by atoms with Gasteiger partial charge >= 0.3 is 11.8 Å². The predicted octanol–water partition coefficient (Wildman–Crippen LogP) is 1.78. The molecule has 0 radical (unpaired) electrons. The van der Waals surface area contributed by atoms with E-state index in [4.69, 9.17) is 4.42 Å². The fraction of sp³-hybridized carbons (Fsp3) is 0.158. The lowest BCUT2D eigenvalue weighted by molar-refractivity contribution is -0.136. The summed E-state index contributed by atoms with van der Waals surface area (Å²) in [6, 6.07) is 11.4. The van der Waals surface area contributed by atoms with Gasteiger partial charge in [0, 0.05) is 37.2 Å². The van der Waals surface area contributed by atoms with Crippen molar-refractivity contribution in [1.82, 2.24) is 15.1 Å². The lowest BCUT2D eigenvalue weighted by atomic mass is 10.2. The van der Waals surface area contributed by atoms with Gasteiger partial charge in [-0.2, -0.15) is 5.10 Å². The van der Waals surface area contributed by atoms with Crippen LogP contribution in [0.5, 0.6) is 0 Å². The average molecular weight is 381 g/mol. The first-order chi connectivity index (χ1) is 13.5. The highest BCUT2D eigenvalue weighted by Crippen LogP contribution is 2.17. The van der Waals surface area contributed by atoms with Crippen molar-refractivity contribution in [1.29, 1.82) is 0 Å². The SMILES string of the molecule is CC(=O)Nc1cccc(NC(=O)C(=O)NCC(c2ccco2)n2cccn2)c1. The van der Waals surface area contributed by atoms with Gasteiger partial charge in [0.1, 0.15) is 11.8 Å². The van der Waals surface area contributed by atoms with Gasteiger partial charge in [0.2, 0.25) is 5.91 Å². The van der Waals surface area contributed by atoms with E-state index in [1.54, 1.807) is 59.5 Å². The Balaban J connectivity index is 1.61. The minimum absolute atomic E-state index is 0.118. The quantitative estimate of drug-likeness (QED) is 0.563. The third-order valence-electron chi connectivity index (χ3n) is 3.82. The lowest BCUT2D eigenvalue weighted by Gasteiger charge is -2.16. The van der Waals surface area contributed by atoms with Crippen LogP contribution in [0, 0.1) is 0 Å². The Labute approximate surface area is 160 Å². The summed E-state index contributed by atoms with van der Waals surface area (Å²) in [6.45, 7) is 1.50. The molecule has 2 aromatic heterocycles. The van der Waals surface area contributed by atoms with Crippen LogP contribution >= 0.6 is 0 Å². The topological polar surface area (TPSA) is 118 Å². The third kappa shape index (κ3) is 4.85. The maximum absolute atomic E-state index is 12.2. The maximum Gasteiger partial charge on any atom is 0.313 e. The fourth-order valence-electron chi connectivity index (χ4n) is 2.61. The van der Waals surface area contributed by atoms with Crippen LogP contribution in [0.15, 0.2) is 65.5 Å². The molecule has 1 unspecified atom stereocenters. The number of carbonyl (C=O) groups is 3. The van der Waals surface area contributed by atoms with Crippen molar-refractivity contribution in [3.8, 4) is 0 Å². The van der Waals surface area contributed by atoms with Crippen molar-refractivity contribution in [2.75, 3.05) is 17.2 Å². The van der Waals surface area contributed by atoms with Crippen LogP contribution in [0.4, 0.5) is 11.4 Å². The summed E-state index contributed by atoms with van der Waals surface area (Å²) in [5.41, 5.74) is 0.906. The number of nitrogens with zero attached hydrogens (tertiary/aromatic N) is 2. The minimum Gasteiger partial charge on any atom is -0.467 e. The molecule has 9 heteroatoms. The molecule has 0 fully saturated rings. The highest BCUT2D eigenvalue weighted by Gasteiger charge is 2.20. The number of hydrogen-bond acceptors (Lipinski definition) is 5. The van der Waals surface area contributed by atoms with Crippen molar-refractivity contribution < 1.29 is 18.8 Å². The zero-order chi connectivity index (χ0) is 19.9. The standard InChI is InChI=1S/C19H19N5O4/c1-13(25)22-14-5-2-6-15(11-14)23-19(27)18(26)20-12-16(17-7-3-10-28-17)24-9-4-8-21-24/h2-11,16H,12H2,1H3,(H,20,26)(H,22,25)(H,23,27). The molecule has 0 aliphatic heterocycles. The van der Waals surface area contributed by atoms with Crippen LogP contribution in [-0.2, 0) is 14.4 Å². The molecular weight excluding hydrogens is 362 g/mol. The Hall–Kier alpha value is -3.88. The van der Waals surface area contributed by atoms with E-state index in [2.05, 4.69) is 21.0 Å². The van der Waals surface area contributed by atoms with Crippen LogP contribution in [0.3, 0.4) is 0 Å². The molecule has 3 N–H and O–H groups in total. The molecule has 0 saturated heterocycles. The Morgan fingerprint density at radius 3 is 2.50 bits per heavy atom. The number of amides is 3. The second kappa shape index (κ2) is 8.67. The summed E-state index contributed by atoms with van der Waals surface area (Å²) >= 11 is 0. The predicted molar refractivity (Wildman–Crippen MR) is 101 cm³/mol. The van der Waals surface area contributed by atoms with E-state index in [0.29, 0.717) is 17.1 Å². The first kappa shape index (κ1) is 18.9. The molecule has 3 rings (SSSR count). The molecule has 3 amide bonds. The van der Waals surface area contributed by atoms with Gasteiger partial charge in [-0.25, -0.2) is 0 Å². The highest BCUT2D eigenvalue weighted by molar-refractivity contribution is 6.39. The molecule has 3 aromatic rings. The number of nitrogens with one attached hydrogen (secondary N) is 3. The minimum atomic E-state index is -0.821. The molecule has 28 heavy (non-hydrogen) atoms. The van der Waals surface area contributed by atoms with E-state index in [-0.39, 0.29) is 18.5 Å². The summed E-state index contributed by atoms with van der Waals surface area (Å²) in [6.07, 6.45) is 4.89. The Morgan fingerprint density at radius 2 is 1.86 bits per heavy atom. The molecule has 1 aromatic carbocycles. The van der Waals surface area contributed by atoms with Crippen LogP contribution < -0.4 is 16.0 Å². The van der Waals surface area contributed by atoms with Gasteiger partial charge < -0.3 is 20.4 Å². The zero-order valence-corrected chi connectivity index (χ0v) is 15.1. The monoisotopic (exact) mass is 381 g/mol.